The summed E-state index contributed by atoms with van der Waals surface area (Å²) in [6, 6.07) is 11.0. The topological polar surface area (TPSA) is 71.9 Å². The van der Waals surface area contributed by atoms with E-state index in [4.69, 9.17) is 9.47 Å². The highest BCUT2D eigenvalue weighted by molar-refractivity contribution is 9.10. The number of fused-ring (bicyclic) bond motifs is 1. The molecule has 0 saturated heterocycles. The molecule has 24 heavy (non-hydrogen) atoms. The van der Waals surface area contributed by atoms with Crippen LogP contribution in [0.25, 0.3) is 0 Å². The zero-order valence-corrected chi connectivity index (χ0v) is 14.7. The first-order chi connectivity index (χ1) is 11.6. The van der Waals surface area contributed by atoms with Gasteiger partial charge in [-0.05, 0) is 34.5 Å². The van der Waals surface area contributed by atoms with E-state index < -0.39 is 12.1 Å². The van der Waals surface area contributed by atoms with Gasteiger partial charge in [0, 0.05) is 4.47 Å². The summed E-state index contributed by atoms with van der Waals surface area (Å²) in [4.78, 5) is 17.3. The lowest BCUT2D eigenvalue weighted by Crippen LogP contribution is -2.49. The second-order valence-electron chi connectivity index (χ2n) is 5.50. The molecule has 126 valence electrons. The predicted molar refractivity (Wildman–Crippen MR) is 92.6 cm³/mol. The lowest BCUT2D eigenvalue weighted by Gasteiger charge is -2.34. The normalized spacial score (nSPS) is 16.4. The number of carbonyl (C=O) groups is 1. The fourth-order valence-corrected chi connectivity index (χ4v) is 2.85. The lowest BCUT2D eigenvalue weighted by atomic mass is 10.2. The van der Waals surface area contributed by atoms with Crippen molar-refractivity contribution in [1.29, 1.82) is 0 Å². The average Bonchev–Trinajstić information content (AvgIpc) is 2.56. The standard InChI is InChI=1S/C17H17BrN2O4/c1-11-14(18)7-15-16(19-11)24-10-13(20(15)17(21)22)9-23-8-12-5-3-2-4-6-12/h2-7,13H,8-10H2,1H3,(H,21,22). The number of carboxylic acid groups (broad SMARTS) is 1. The van der Waals surface area contributed by atoms with Crippen molar-refractivity contribution in [3.8, 4) is 5.88 Å². The molecule has 1 N–H and O–H groups in total. The van der Waals surface area contributed by atoms with Crippen molar-refractivity contribution in [1.82, 2.24) is 4.98 Å². The summed E-state index contributed by atoms with van der Waals surface area (Å²) in [6.07, 6.45) is -1.05. The smallest absolute Gasteiger partial charge is 0.412 e. The van der Waals surface area contributed by atoms with E-state index in [-0.39, 0.29) is 13.2 Å². The zero-order valence-electron chi connectivity index (χ0n) is 13.1. The van der Waals surface area contributed by atoms with E-state index in [0.29, 0.717) is 18.2 Å². The summed E-state index contributed by atoms with van der Waals surface area (Å²) in [6.45, 7) is 2.70. The number of hydrogen-bond acceptors (Lipinski definition) is 4. The molecule has 0 aliphatic carbocycles. The van der Waals surface area contributed by atoms with Crippen LogP contribution in [0.1, 0.15) is 11.3 Å². The molecule has 0 bridgehead atoms. The third-order valence-electron chi connectivity index (χ3n) is 3.76. The van der Waals surface area contributed by atoms with E-state index in [1.54, 1.807) is 6.07 Å². The lowest BCUT2D eigenvalue weighted by molar-refractivity contribution is 0.0841. The third kappa shape index (κ3) is 3.52. The van der Waals surface area contributed by atoms with Crippen molar-refractivity contribution in [2.24, 2.45) is 0 Å². The van der Waals surface area contributed by atoms with Crippen LogP contribution >= 0.6 is 15.9 Å². The molecule has 2 aromatic rings. The number of hydrogen-bond donors (Lipinski definition) is 1. The Morgan fingerprint density at radius 2 is 2.21 bits per heavy atom. The summed E-state index contributed by atoms with van der Waals surface area (Å²) in [7, 11) is 0. The molecule has 0 saturated carbocycles. The van der Waals surface area contributed by atoms with Crippen molar-refractivity contribution >= 4 is 27.7 Å². The van der Waals surface area contributed by atoms with E-state index >= 15 is 0 Å². The number of nitrogens with zero attached hydrogens (tertiary/aromatic N) is 2. The van der Waals surface area contributed by atoms with Gasteiger partial charge in [-0.3, -0.25) is 4.90 Å². The van der Waals surface area contributed by atoms with Gasteiger partial charge in [0.15, 0.2) is 0 Å². The molecule has 1 unspecified atom stereocenters. The molecule has 2 heterocycles. The van der Waals surface area contributed by atoms with Crippen molar-refractivity contribution < 1.29 is 19.4 Å². The Labute approximate surface area is 148 Å². The number of benzene rings is 1. The van der Waals surface area contributed by atoms with Gasteiger partial charge < -0.3 is 14.6 Å². The molecule has 3 rings (SSSR count). The Morgan fingerprint density at radius 3 is 2.92 bits per heavy atom. The molecule has 7 heteroatoms. The van der Waals surface area contributed by atoms with Crippen LogP contribution in [0.2, 0.25) is 0 Å². The zero-order chi connectivity index (χ0) is 17.1. The summed E-state index contributed by atoms with van der Waals surface area (Å²) in [5.41, 5.74) is 2.22. The summed E-state index contributed by atoms with van der Waals surface area (Å²) >= 11 is 3.39. The fourth-order valence-electron chi connectivity index (χ4n) is 2.54. The molecule has 0 radical (unpaired) electrons. The van der Waals surface area contributed by atoms with Crippen LogP contribution < -0.4 is 9.64 Å². The maximum atomic E-state index is 11.7. The number of amides is 1. The van der Waals surface area contributed by atoms with Crippen molar-refractivity contribution in [2.45, 2.75) is 19.6 Å². The molecule has 0 fully saturated rings. The van der Waals surface area contributed by atoms with Gasteiger partial charge in [-0.15, -0.1) is 0 Å². The minimum Gasteiger partial charge on any atom is -0.474 e. The first-order valence-corrected chi connectivity index (χ1v) is 8.29. The number of aryl methyl sites for hydroxylation is 1. The van der Waals surface area contributed by atoms with Gasteiger partial charge in [-0.25, -0.2) is 9.78 Å². The van der Waals surface area contributed by atoms with Crippen LogP contribution in [0.4, 0.5) is 10.5 Å². The van der Waals surface area contributed by atoms with Gasteiger partial charge in [-0.2, -0.15) is 0 Å². The van der Waals surface area contributed by atoms with Gasteiger partial charge >= 0.3 is 6.09 Å². The van der Waals surface area contributed by atoms with Crippen LogP contribution in [0.15, 0.2) is 40.9 Å². The van der Waals surface area contributed by atoms with Crippen molar-refractivity contribution in [2.75, 3.05) is 18.1 Å². The molecular weight excluding hydrogens is 376 g/mol. The molecule has 0 spiro atoms. The maximum Gasteiger partial charge on any atom is 0.412 e. The van der Waals surface area contributed by atoms with E-state index in [1.807, 2.05) is 37.3 Å². The second-order valence-corrected chi connectivity index (χ2v) is 6.35. The Morgan fingerprint density at radius 1 is 1.46 bits per heavy atom. The Kier molecular flexibility index (Phi) is 5.01. The van der Waals surface area contributed by atoms with Gasteiger partial charge in [-0.1, -0.05) is 30.3 Å². The predicted octanol–water partition coefficient (Wildman–Crippen LogP) is 3.61. The van der Waals surface area contributed by atoms with Gasteiger partial charge in [0.2, 0.25) is 5.88 Å². The monoisotopic (exact) mass is 392 g/mol. The van der Waals surface area contributed by atoms with E-state index in [2.05, 4.69) is 20.9 Å². The van der Waals surface area contributed by atoms with Gasteiger partial charge in [0.25, 0.3) is 0 Å². The number of ether oxygens (including phenoxy) is 2. The van der Waals surface area contributed by atoms with Gasteiger partial charge in [0.05, 0.1) is 24.9 Å². The second kappa shape index (κ2) is 7.19. The molecular formula is C17H17BrN2O4. The van der Waals surface area contributed by atoms with Gasteiger partial charge in [0.1, 0.15) is 12.3 Å². The highest BCUT2D eigenvalue weighted by Crippen LogP contribution is 2.35. The van der Waals surface area contributed by atoms with Crippen LogP contribution in [-0.4, -0.2) is 35.4 Å². The van der Waals surface area contributed by atoms with Crippen LogP contribution in [0.5, 0.6) is 5.88 Å². The largest absolute Gasteiger partial charge is 0.474 e. The highest BCUT2D eigenvalue weighted by atomic mass is 79.9. The molecule has 1 aromatic heterocycles. The molecule has 1 aliphatic rings. The number of pyridine rings is 1. The number of halogens is 1. The Balaban J connectivity index is 1.74. The minimum atomic E-state index is -1.05. The average molecular weight is 393 g/mol. The number of aromatic nitrogens is 1. The highest BCUT2D eigenvalue weighted by Gasteiger charge is 2.34. The molecule has 1 amide bonds. The minimum absolute atomic E-state index is 0.210. The SMILES string of the molecule is Cc1nc2c(cc1Br)N(C(=O)O)C(COCc1ccccc1)CO2. The number of rotatable bonds is 4. The summed E-state index contributed by atoms with van der Waals surface area (Å²) < 4.78 is 12.1. The first-order valence-electron chi connectivity index (χ1n) is 7.50. The van der Waals surface area contributed by atoms with Crippen molar-refractivity contribution in [3.05, 3.63) is 52.1 Å². The van der Waals surface area contributed by atoms with Crippen LogP contribution in [-0.2, 0) is 11.3 Å². The van der Waals surface area contributed by atoms with Crippen LogP contribution in [0.3, 0.4) is 0 Å². The summed E-state index contributed by atoms with van der Waals surface area (Å²) in [5, 5.41) is 9.60. The van der Waals surface area contributed by atoms with E-state index in [1.165, 1.54) is 4.90 Å². The fraction of sp³-hybridized carbons (Fsp3) is 0.294. The molecule has 1 aliphatic heterocycles. The molecule has 1 aromatic carbocycles. The number of anilines is 1. The first kappa shape index (κ1) is 16.7. The maximum absolute atomic E-state index is 11.7. The Hall–Kier alpha value is -2.12. The van der Waals surface area contributed by atoms with E-state index in [0.717, 1.165) is 15.7 Å². The summed E-state index contributed by atoms with van der Waals surface area (Å²) in [5.74, 6) is 0.331. The molecule has 6 nitrogen and oxygen atoms in total. The van der Waals surface area contributed by atoms with Crippen molar-refractivity contribution in [3.63, 3.8) is 0 Å². The van der Waals surface area contributed by atoms with Crippen LogP contribution in [0, 0.1) is 6.92 Å². The molecule has 1 atom stereocenters. The van der Waals surface area contributed by atoms with E-state index in [9.17, 15) is 9.90 Å². The third-order valence-corrected chi connectivity index (χ3v) is 4.57. The quantitative estimate of drug-likeness (QED) is 0.859. The Bertz CT molecular complexity index is 739.